The van der Waals surface area contributed by atoms with Crippen LogP contribution in [0.3, 0.4) is 0 Å². The fraction of sp³-hybridized carbons (Fsp3) is 0.381. The summed E-state index contributed by atoms with van der Waals surface area (Å²) in [5.74, 6) is 0.00115. The van der Waals surface area contributed by atoms with Crippen LogP contribution >= 0.6 is 24.8 Å². The molecular formula is C21H29Cl2N3O. The average molecular weight is 410 g/mol. The van der Waals surface area contributed by atoms with E-state index >= 15 is 0 Å². The first-order chi connectivity index (χ1) is 12.3. The standard InChI is InChI=1S/C21H27N3O.2ClH/c25-21(16-22-20-7-3-1-4-8-20)23-15-18-9-11-19(12-10-18)17-24-13-5-2-6-14-24;;/h1,3-4,7-12,22H,2,5-6,13-17H2,(H,23,25);2*1H. The number of para-hydroxylation sites is 1. The van der Waals surface area contributed by atoms with Crippen LogP contribution in [-0.4, -0.2) is 30.4 Å². The van der Waals surface area contributed by atoms with Crippen molar-refractivity contribution in [1.29, 1.82) is 0 Å². The molecule has 1 aliphatic heterocycles. The number of hydrogen-bond donors (Lipinski definition) is 2. The third-order valence-electron chi connectivity index (χ3n) is 4.59. The lowest BCUT2D eigenvalue weighted by atomic mass is 10.1. The summed E-state index contributed by atoms with van der Waals surface area (Å²) in [5.41, 5.74) is 3.44. The van der Waals surface area contributed by atoms with Crippen LogP contribution in [0.2, 0.25) is 0 Å². The maximum Gasteiger partial charge on any atom is 0.239 e. The molecule has 0 aliphatic carbocycles. The van der Waals surface area contributed by atoms with Crippen LogP contribution in [0.4, 0.5) is 5.69 Å². The van der Waals surface area contributed by atoms with E-state index < -0.39 is 0 Å². The van der Waals surface area contributed by atoms with Gasteiger partial charge in [0.25, 0.3) is 0 Å². The summed E-state index contributed by atoms with van der Waals surface area (Å²) in [6, 6.07) is 18.4. The zero-order valence-corrected chi connectivity index (χ0v) is 17.2. The molecule has 0 saturated carbocycles. The highest BCUT2D eigenvalue weighted by Crippen LogP contribution is 2.13. The first kappa shape index (κ1) is 23.3. The zero-order chi connectivity index (χ0) is 17.3. The second-order valence-corrected chi connectivity index (χ2v) is 6.65. The molecule has 27 heavy (non-hydrogen) atoms. The summed E-state index contributed by atoms with van der Waals surface area (Å²) < 4.78 is 0. The van der Waals surface area contributed by atoms with Crippen molar-refractivity contribution in [3.8, 4) is 0 Å². The lowest BCUT2D eigenvalue weighted by Gasteiger charge is -2.26. The van der Waals surface area contributed by atoms with E-state index in [9.17, 15) is 4.79 Å². The van der Waals surface area contributed by atoms with Gasteiger partial charge in [-0.05, 0) is 49.2 Å². The van der Waals surface area contributed by atoms with Crippen LogP contribution in [-0.2, 0) is 17.9 Å². The molecular weight excluding hydrogens is 381 g/mol. The van der Waals surface area contributed by atoms with E-state index in [-0.39, 0.29) is 37.3 Å². The van der Waals surface area contributed by atoms with Crippen LogP contribution in [0.25, 0.3) is 0 Å². The SMILES string of the molecule is Cl.Cl.O=C(CNc1ccccc1)NCc1ccc(CN2CCCCC2)cc1. The molecule has 0 bridgehead atoms. The second-order valence-electron chi connectivity index (χ2n) is 6.65. The van der Waals surface area contributed by atoms with Crippen molar-refractivity contribution in [3.05, 3.63) is 65.7 Å². The zero-order valence-electron chi connectivity index (χ0n) is 15.5. The van der Waals surface area contributed by atoms with E-state index in [1.165, 1.54) is 37.9 Å². The Kier molecular flexibility index (Phi) is 10.9. The minimum Gasteiger partial charge on any atom is -0.376 e. The number of nitrogens with zero attached hydrogens (tertiary/aromatic N) is 1. The highest BCUT2D eigenvalue weighted by Gasteiger charge is 2.10. The Morgan fingerprint density at radius 2 is 1.48 bits per heavy atom. The quantitative estimate of drug-likeness (QED) is 0.718. The highest BCUT2D eigenvalue weighted by molar-refractivity contribution is 5.85. The Morgan fingerprint density at radius 1 is 0.852 bits per heavy atom. The number of hydrogen-bond acceptors (Lipinski definition) is 3. The number of likely N-dealkylation sites (tertiary alicyclic amines) is 1. The molecule has 2 N–H and O–H groups in total. The van der Waals surface area contributed by atoms with Crippen molar-refractivity contribution in [1.82, 2.24) is 10.2 Å². The molecule has 3 rings (SSSR count). The molecule has 1 amide bonds. The Labute approximate surface area is 174 Å². The normalized spacial score (nSPS) is 13.8. The minimum atomic E-state index is 0. The predicted molar refractivity (Wildman–Crippen MR) is 117 cm³/mol. The van der Waals surface area contributed by atoms with Gasteiger partial charge in [-0.1, -0.05) is 48.9 Å². The van der Waals surface area contributed by atoms with Crippen molar-refractivity contribution < 1.29 is 4.79 Å². The van der Waals surface area contributed by atoms with Gasteiger partial charge in [-0.25, -0.2) is 0 Å². The van der Waals surface area contributed by atoms with Crippen LogP contribution < -0.4 is 10.6 Å². The lowest BCUT2D eigenvalue weighted by molar-refractivity contribution is -0.119. The fourth-order valence-corrected chi connectivity index (χ4v) is 3.14. The molecule has 1 aliphatic rings. The molecule has 0 atom stereocenters. The second kappa shape index (κ2) is 12.6. The van der Waals surface area contributed by atoms with Crippen LogP contribution in [0.1, 0.15) is 30.4 Å². The Bertz CT molecular complexity index is 659. The number of piperidine rings is 1. The van der Waals surface area contributed by atoms with Gasteiger partial charge in [-0.3, -0.25) is 9.69 Å². The smallest absolute Gasteiger partial charge is 0.239 e. The summed E-state index contributed by atoms with van der Waals surface area (Å²) in [4.78, 5) is 14.5. The molecule has 2 aromatic rings. The number of nitrogens with one attached hydrogen (secondary N) is 2. The summed E-state index contributed by atoms with van der Waals surface area (Å²) in [6.45, 7) is 4.32. The van der Waals surface area contributed by atoms with E-state index in [1.807, 2.05) is 30.3 Å². The number of anilines is 1. The summed E-state index contributed by atoms with van der Waals surface area (Å²) in [5, 5.41) is 6.08. The van der Waals surface area contributed by atoms with Crippen molar-refractivity contribution in [2.45, 2.75) is 32.4 Å². The molecule has 1 saturated heterocycles. The minimum absolute atomic E-state index is 0. The number of halogens is 2. The van der Waals surface area contributed by atoms with Gasteiger partial charge in [-0.2, -0.15) is 0 Å². The van der Waals surface area contributed by atoms with Gasteiger partial charge in [-0.15, -0.1) is 24.8 Å². The van der Waals surface area contributed by atoms with Gasteiger partial charge in [0.2, 0.25) is 5.91 Å². The summed E-state index contributed by atoms with van der Waals surface area (Å²) in [7, 11) is 0. The Morgan fingerprint density at radius 3 is 2.15 bits per heavy atom. The van der Waals surface area contributed by atoms with Crippen LogP contribution in [0, 0.1) is 0 Å². The van der Waals surface area contributed by atoms with Crippen molar-refractivity contribution in [2.75, 3.05) is 25.0 Å². The van der Waals surface area contributed by atoms with Gasteiger partial charge in [0, 0.05) is 18.8 Å². The van der Waals surface area contributed by atoms with E-state index in [0.717, 1.165) is 17.8 Å². The third-order valence-corrected chi connectivity index (χ3v) is 4.59. The third kappa shape index (κ3) is 8.21. The van der Waals surface area contributed by atoms with E-state index in [2.05, 4.69) is 39.8 Å². The van der Waals surface area contributed by atoms with Crippen molar-refractivity contribution in [2.24, 2.45) is 0 Å². The first-order valence-electron chi connectivity index (χ1n) is 9.15. The van der Waals surface area contributed by atoms with Gasteiger partial charge in [0.1, 0.15) is 0 Å². The van der Waals surface area contributed by atoms with Crippen LogP contribution in [0.5, 0.6) is 0 Å². The molecule has 6 heteroatoms. The fourth-order valence-electron chi connectivity index (χ4n) is 3.14. The van der Waals surface area contributed by atoms with Crippen molar-refractivity contribution >= 4 is 36.4 Å². The first-order valence-corrected chi connectivity index (χ1v) is 9.15. The molecule has 4 nitrogen and oxygen atoms in total. The van der Waals surface area contributed by atoms with Crippen molar-refractivity contribution in [3.63, 3.8) is 0 Å². The molecule has 148 valence electrons. The predicted octanol–water partition coefficient (Wildman–Crippen LogP) is 4.24. The van der Waals surface area contributed by atoms with E-state index in [1.54, 1.807) is 0 Å². The summed E-state index contributed by atoms with van der Waals surface area (Å²) >= 11 is 0. The van der Waals surface area contributed by atoms with Crippen LogP contribution in [0.15, 0.2) is 54.6 Å². The molecule has 0 aromatic heterocycles. The van der Waals surface area contributed by atoms with E-state index in [4.69, 9.17) is 0 Å². The molecule has 0 radical (unpaired) electrons. The lowest BCUT2D eigenvalue weighted by Crippen LogP contribution is -2.29. The summed E-state index contributed by atoms with van der Waals surface area (Å²) in [6.07, 6.45) is 4.01. The largest absolute Gasteiger partial charge is 0.376 e. The van der Waals surface area contributed by atoms with Gasteiger partial charge < -0.3 is 10.6 Å². The van der Waals surface area contributed by atoms with Gasteiger partial charge >= 0.3 is 0 Å². The number of rotatable bonds is 7. The van der Waals surface area contributed by atoms with Gasteiger partial charge in [0.05, 0.1) is 6.54 Å². The molecule has 0 spiro atoms. The maximum absolute atomic E-state index is 11.9. The monoisotopic (exact) mass is 409 g/mol. The topological polar surface area (TPSA) is 44.4 Å². The highest BCUT2D eigenvalue weighted by atomic mass is 35.5. The van der Waals surface area contributed by atoms with E-state index in [0.29, 0.717) is 6.54 Å². The Hall–Kier alpha value is -1.75. The number of carbonyl (C=O) groups excluding carboxylic acids is 1. The average Bonchev–Trinajstić information content (AvgIpc) is 2.67. The number of benzene rings is 2. The molecule has 1 fully saturated rings. The molecule has 1 heterocycles. The number of carbonyl (C=O) groups is 1. The molecule has 0 unspecified atom stereocenters. The number of amides is 1. The molecule has 2 aromatic carbocycles. The van der Waals surface area contributed by atoms with Gasteiger partial charge in [0.15, 0.2) is 0 Å². The maximum atomic E-state index is 11.9. The Balaban J connectivity index is 0.00000182.